The lowest BCUT2D eigenvalue weighted by Crippen LogP contribution is -2.49. The molecule has 9 heteroatoms. The van der Waals surface area contributed by atoms with Crippen molar-refractivity contribution in [2.24, 2.45) is 5.41 Å². The van der Waals surface area contributed by atoms with E-state index in [-0.39, 0.29) is 5.41 Å². The van der Waals surface area contributed by atoms with Gasteiger partial charge in [-0.15, -0.1) is 0 Å². The van der Waals surface area contributed by atoms with Gasteiger partial charge in [0.05, 0.1) is 13.2 Å². The molecule has 3 rings (SSSR count). The molecule has 2 aliphatic heterocycles. The van der Waals surface area contributed by atoms with Crippen LogP contribution >= 0.6 is 0 Å². The fraction of sp³-hybridized carbons (Fsp3) is 0.882. The van der Waals surface area contributed by atoms with Crippen molar-refractivity contribution in [2.45, 2.75) is 77.0 Å². The first-order valence-electron chi connectivity index (χ1n) is 9.13. The first-order valence-corrected chi connectivity index (χ1v) is 10.5. The van der Waals surface area contributed by atoms with Crippen LogP contribution in [-0.4, -0.2) is 60.4 Å². The summed E-state index contributed by atoms with van der Waals surface area (Å²) in [5, 5.41) is 0. The molecule has 0 bridgehead atoms. The minimum atomic E-state index is -4.12. The molecular formula is C17H28N2O6S. The second-order valence-electron chi connectivity index (χ2n) is 8.63. The number of nitrogens with zero attached hydrogens (tertiary/aromatic N) is 2. The van der Waals surface area contributed by atoms with Crippen LogP contribution in [0.25, 0.3) is 0 Å². The second-order valence-corrected chi connectivity index (χ2v) is 10.4. The molecule has 2 heterocycles. The Morgan fingerprint density at radius 1 is 1.12 bits per heavy atom. The molecule has 3 aliphatic rings. The van der Waals surface area contributed by atoms with Gasteiger partial charge >= 0.3 is 22.3 Å². The molecule has 0 aromatic carbocycles. The first kappa shape index (κ1) is 19.4. The third-order valence-corrected chi connectivity index (χ3v) is 7.46. The summed E-state index contributed by atoms with van der Waals surface area (Å²) >= 11 is 0. The van der Waals surface area contributed by atoms with Gasteiger partial charge in [0.2, 0.25) is 0 Å². The smallest absolute Gasteiger partial charge is 0.426 e. The van der Waals surface area contributed by atoms with Gasteiger partial charge in [-0.05, 0) is 45.4 Å². The lowest BCUT2D eigenvalue weighted by molar-refractivity contribution is -0.145. The number of fused-ring (bicyclic) bond motifs is 1. The number of methoxy groups -OCH3 is 1. The number of hydrogen-bond donors (Lipinski definition) is 0. The summed E-state index contributed by atoms with van der Waals surface area (Å²) in [5.74, 6) is -0.722. The fourth-order valence-corrected chi connectivity index (χ4v) is 6.48. The van der Waals surface area contributed by atoms with Gasteiger partial charge in [-0.25, -0.2) is 9.59 Å². The molecule has 26 heavy (non-hydrogen) atoms. The van der Waals surface area contributed by atoms with E-state index in [1.807, 2.05) is 0 Å². The predicted octanol–water partition coefficient (Wildman–Crippen LogP) is 2.05. The maximum absolute atomic E-state index is 13.1. The van der Waals surface area contributed by atoms with Crippen LogP contribution in [0.3, 0.4) is 0 Å². The topological polar surface area (TPSA) is 93.2 Å². The van der Waals surface area contributed by atoms with E-state index in [1.54, 1.807) is 20.8 Å². The summed E-state index contributed by atoms with van der Waals surface area (Å²) in [4.78, 5) is 25.0. The van der Waals surface area contributed by atoms with E-state index >= 15 is 0 Å². The van der Waals surface area contributed by atoms with Crippen molar-refractivity contribution >= 4 is 22.3 Å². The van der Waals surface area contributed by atoms with Crippen molar-refractivity contribution in [3.05, 3.63) is 0 Å². The largest absolute Gasteiger partial charge is 0.467 e. The van der Waals surface area contributed by atoms with Gasteiger partial charge in [0.25, 0.3) is 0 Å². The lowest BCUT2D eigenvalue weighted by Gasteiger charge is -2.35. The van der Waals surface area contributed by atoms with E-state index in [0.717, 1.165) is 32.1 Å². The number of esters is 1. The molecule has 1 spiro atoms. The molecule has 1 aliphatic carbocycles. The Kier molecular flexibility index (Phi) is 4.75. The van der Waals surface area contributed by atoms with E-state index in [1.165, 1.54) is 11.4 Å². The van der Waals surface area contributed by atoms with Crippen LogP contribution in [0.1, 0.15) is 59.3 Å². The Hall–Kier alpha value is -1.35. The van der Waals surface area contributed by atoms with E-state index in [0.29, 0.717) is 17.3 Å². The van der Waals surface area contributed by atoms with Crippen molar-refractivity contribution in [3.8, 4) is 0 Å². The molecule has 0 aromatic heterocycles. The zero-order valence-corrected chi connectivity index (χ0v) is 16.7. The number of carbonyl (C=O) groups excluding carboxylic acids is 2. The Morgan fingerprint density at radius 2 is 1.73 bits per heavy atom. The van der Waals surface area contributed by atoms with Crippen LogP contribution in [0.4, 0.5) is 4.79 Å². The second kappa shape index (κ2) is 6.37. The zero-order valence-electron chi connectivity index (χ0n) is 15.9. The summed E-state index contributed by atoms with van der Waals surface area (Å²) in [5.41, 5.74) is -0.965. The summed E-state index contributed by atoms with van der Waals surface area (Å²) in [7, 11) is -2.92. The highest BCUT2D eigenvalue weighted by molar-refractivity contribution is 7.87. The average molecular weight is 388 g/mol. The van der Waals surface area contributed by atoms with Crippen molar-refractivity contribution in [3.63, 3.8) is 0 Å². The highest BCUT2D eigenvalue weighted by Crippen LogP contribution is 2.51. The van der Waals surface area contributed by atoms with Gasteiger partial charge in [0.1, 0.15) is 5.60 Å². The van der Waals surface area contributed by atoms with Gasteiger partial charge in [-0.1, -0.05) is 19.3 Å². The maximum atomic E-state index is 13.1. The molecule has 0 aromatic rings. The van der Waals surface area contributed by atoms with Gasteiger partial charge in [-0.3, -0.25) is 0 Å². The van der Waals surface area contributed by atoms with Crippen LogP contribution in [0, 0.1) is 5.41 Å². The van der Waals surface area contributed by atoms with Gasteiger partial charge < -0.3 is 9.47 Å². The molecule has 2 atom stereocenters. The molecule has 1 amide bonds. The fourth-order valence-electron chi connectivity index (χ4n) is 4.54. The molecule has 148 valence electrons. The third kappa shape index (κ3) is 3.19. The summed E-state index contributed by atoms with van der Waals surface area (Å²) < 4.78 is 38.2. The predicted molar refractivity (Wildman–Crippen MR) is 93.4 cm³/mol. The Labute approximate surface area is 155 Å². The number of rotatable bonds is 1. The van der Waals surface area contributed by atoms with Crippen molar-refractivity contribution in [1.29, 1.82) is 0 Å². The Bertz CT molecular complexity index is 693. The summed E-state index contributed by atoms with van der Waals surface area (Å²) in [6.45, 7) is 5.31. The normalized spacial score (nSPS) is 30.2. The van der Waals surface area contributed by atoms with Crippen molar-refractivity contribution in [2.75, 3.05) is 13.7 Å². The molecule has 0 N–H and O–H groups in total. The Morgan fingerprint density at radius 3 is 2.27 bits per heavy atom. The summed E-state index contributed by atoms with van der Waals surface area (Å²) in [6, 6.07) is -1.78. The number of carbonyl (C=O) groups is 2. The molecular weight excluding hydrogens is 360 g/mol. The Balaban J connectivity index is 1.95. The number of ether oxygens (including phenoxy) is 2. The van der Waals surface area contributed by atoms with Crippen LogP contribution in [0.2, 0.25) is 0 Å². The van der Waals surface area contributed by atoms with Crippen molar-refractivity contribution in [1.82, 2.24) is 8.61 Å². The third-order valence-electron chi connectivity index (χ3n) is 5.60. The van der Waals surface area contributed by atoms with Crippen LogP contribution < -0.4 is 0 Å². The highest BCUT2D eigenvalue weighted by Gasteiger charge is 2.64. The minimum Gasteiger partial charge on any atom is -0.467 e. The maximum Gasteiger partial charge on any atom is 0.426 e. The van der Waals surface area contributed by atoms with Crippen LogP contribution in [-0.2, 0) is 24.5 Å². The highest BCUT2D eigenvalue weighted by atomic mass is 32.2. The van der Waals surface area contributed by atoms with Crippen LogP contribution in [0.15, 0.2) is 0 Å². The van der Waals surface area contributed by atoms with E-state index in [9.17, 15) is 18.0 Å². The molecule has 1 saturated carbocycles. The quantitative estimate of drug-likeness (QED) is 0.638. The molecule has 0 radical (unpaired) electrons. The number of hydrogen-bond acceptors (Lipinski definition) is 6. The van der Waals surface area contributed by atoms with Gasteiger partial charge in [0, 0.05) is 6.54 Å². The van der Waals surface area contributed by atoms with E-state index in [2.05, 4.69) is 0 Å². The molecule has 3 fully saturated rings. The number of amides is 1. The van der Waals surface area contributed by atoms with E-state index < -0.39 is 40.0 Å². The standard InChI is InChI=1S/C17H28N2O6S/c1-16(2,3)25-15(21)19-13(14(20)24-4)12-10-17(8-6-5-7-9-17)11-18(12)26(19,22)23/h12-13H,5-11H2,1-4H3/t12-,13+/m0/s1. The molecule has 2 saturated heterocycles. The van der Waals surface area contributed by atoms with Crippen molar-refractivity contribution < 1.29 is 27.5 Å². The SMILES string of the molecule is COC(=O)[C@H]1[C@@H]2CC3(CCCCC3)CN2S(=O)(=O)N1C(=O)OC(C)(C)C. The zero-order chi connectivity index (χ0) is 19.3. The molecule has 0 unspecified atom stereocenters. The van der Waals surface area contributed by atoms with E-state index in [4.69, 9.17) is 9.47 Å². The molecule has 8 nitrogen and oxygen atoms in total. The average Bonchev–Trinajstić information content (AvgIpc) is 2.98. The van der Waals surface area contributed by atoms with Crippen LogP contribution in [0.5, 0.6) is 0 Å². The minimum absolute atomic E-state index is 0.0950. The van der Waals surface area contributed by atoms with Gasteiger partial charge in [-0.2, -0.15) is 17.0 Å². The lowest BCUT2D eigenvalue weighted by atomic mass is 9.72. The monoisotopic (exact) mass is 388 g/mol. The first-order chi connectivity index (χ1) is 12.0. The summed E-state index contributed by atoms with van der Waals surface area (Å²) in [6.07, 6.45) is 4.75. The van der Waals surface area contributed by atoms with Gasteiger partial charge in [0.15, 0.2) is 6.04 Å².